The van der Waals surface area contributed by atoms with Crippen LogP contribution in [0.15, 0.2) is 42.5 Å². The molecular weight excluding hydrogens is 238 g/mol. The van der Waals surface area contributed by atoms with Gasteiger partial charge in [-0.25, -0.2) is 0 Å². The van der Waals surface area contributed by atoms with Crippen LogP contribution in [-0.2, 0) is 0 Å². The number of carbonyl (C=O) groups excluding carboxylic acids is 2. The van der Waals surface area contributed by atoms with E-state index in [1.165, 1.54) is 0 Å². The highest BCUT2D eigenvalue weighted by molar-refractivity contribution is 6.15. The van der Waals surface area contributed by atoms with Crippen molar-refractivity contribution in [3.05, 3.63) is 70.3 Å². The van der Waals surface area contributed by atoms with Crippen molar-refractivity contribution in [2.24, 2.45) is 5.73 Å². The molecule has 0 atom stereocenters. The van der Waals surface area contributed by atoms with Gasteiger partial charge >= 0.3 is 0 Å². The minimum absolute atomic E-state index is 0.171. The maximum absolute atomic E-state index is 12.5. The van der Waals surface area contributed by atoms with E-state index in [0.29, 0.717) is 11.1 Å². The predicted molar refractivity (Wildman–Crippen MR) is 74.3 cm³/mol. The molecule has 0 aromatic heterocycles. The Morgan fingerprint density at radius 1 is 0.895 bits per heavy atom. The molecule has 0 radical (unpaired) electrons. The third kappa shape index (κ3) is 2.55. The van der Waals surface area contributed by atoms with Crippen LogP contribution in [0.4, 0.5) is 0 Å². The van der Waals surface area contributed by atoms with Crippen molar-refractivity contribution in [2.45, 2.75) is 13.8 Å². The molecule has 2 aromatic carbocycles. The predicted octanol–water partition coefficient (Wildman–Crippen LogP) is 2.63. The van der Waals surface area contributed by atoms with E-state index < -0.39 is 5.91 Å². The van der Waals surface area contributed by atoms with Gasteiger partial charge in [0.05, 0.1) is 5.56 Å². The lowest BCUT2D eigenvalue weighted by atomic mass is 9.94. The molecule has 0 bridgehead atoms. The van der Waals surface area contributed by atoms with Crippen LogP contribution in [0, 0.1) is 13.8 Å². The van der Waals surface area contributed by atoms with Crippen LogP contribution in [0.3, 0.4) is 0 Å². The molecule has 0 spiro atoms. The molecule has 0 heterocycles. The normalized spacial score (nSPS) is 10.2. The number of carbonyl (C=O) groups is 2. The highest BCUT2D eigenvalue weighted by Gasteiger charge is 2.17. The topological polar surface area (TPSA) is 60.2 Å². The lowest BCUT2D eigenvalue weighted by Gasteiger charge is -2.09. The van der Waals surface area contributed by atoms with Gasteiger partial charge in [0.2, 0.25) is 5.91 Å². The second-order valence-corrected chi connectivity index (χ2v) is 4.56. The maximum atomic E-state index is 12.5. The van der Waals surface area contributed by atoms with Crippen molar-refractivity contribution < 1.29 is 9.59 Å². The molecule has 2 N–H and O–H groups in total. The molecule has 0 aliphatic heterocycles. The molecule has 0 unspecified atom stereocenters. The molecule has 0 aliphatic rings. The van der Waals surface area contributed by atoms with Gasteiger partial charge in [-0.15, -0.1) is 0 Å². The number of amides is 1. The lowest BCUT2D eigenvalue weighted by Crippen LogP contribution is -2.17. The molecule has 96 valence electrons. The molecule has 19 heavy (non-hydrogen) atoms. The Labute approximate surface area is 112 Å². The zero-order valence-corrected chi connectivity index (χ0v) is 10.9. The van der Waals surface area contributed by atoms with Crippen molar-refractivity contribution in [3.8, 4) is 0 Å². The Balaban J connectivity index is 2.56. The molecule has 0 saturated carbocycles. The van der Waals surface area contributed by atoms with E-state index in [2.05, 4.69) is 0 Å². The number of rotatable bonds is 3. The van der Waals surface area contributed by atoms with Gasteiger partial charge in [0, 0.05) is 11.1 Å². The van der Waals surface area contributed by atoms with Gasteiger partial charge in [0.15, 0.2) is 5.78 Å². The van der Waals surface area contributed by atoms with Crippen LogP contribution in [-0.4, -0.2) is 11.7 Å². The van der Waals surface area contributed by atoms with Crippen molar-refractivity contribution in [1.29, 1.82) is 0 Å². The van der Waals surface area contributed by atoms with Crippen LogP contribution in [0.25, 0.3) is 0 Å². The lowest BCUT2D eigenvalue weighted by molar-refractivity contribution is 0.0981. The Morgan fingerprint density at radius 3 is 2.16 bits per heavy atom. The number of primary amides is 1. The van der Waals surface area contributed by atoms with Crippen LogP contribution in [0.1, 0.15) is 37.4 Å². The van der Waals surface area contributed by atoms with Crippen molar-refractivity contribution in [1.82, 2.24) is 0 Å². The zero-order chi connectivity index (χ0) is 14.0. The number of hydrogen-bond donors (Lipinski definition) is 1. The zero-order valence-electron chi connectivity index (χ0n) is 10.9. The standard InChI is InChI=1S/C16H15NO2/c1-10-7-8-11(2)14(9-10)15(18)12-5-3-4-6-13(12)16(17)19/h3-9H,1-2H3,(H2,17,19). The summed E-state index contributed by atoms with van der Waals surface area (Å²) in [6, 6.07) is 12.3. The van der Waals surface area contributed by atoms with Gasteiger partial charge in [-0.05, 0) is 31.5 Å². The maximum Gasteiger partial charge on any atom is 0.249 e. The fraction of sp³-hybridized carbons (Fsp3) is 0.125. The molecule has 1 amide bonds. The van der Waals surface area contributed by atoms with Gasteiger partial charge in [-0.1, -0.05) is 35.9 Å². The molecule has 2 aromatic rings. The second kappa shape index (κ2) is 5.06. The second-order valence-electron chi connectivity index (χ2n) is 4.56. The Hall–Kier alpha value is -2.42. The smallest absolute Gasteiger partial charge is 0.249 e. The average Bonchev–Trinajstić information content (AvgIpc) is 2.40. The van der Waals surface area contributed by atoms with Crippen LogP contribution < -0.4 is 5.73 Å². The quantitative estimate of drug-likeness (QED) is 0.855. The van der Waals surface area contributed by atoms with E-state index in [1.54, 1.807) is 24.3 Å². The fourth-order valence-electron chi connectivity index (χ4n) is 2.02. The number of ketones is 1. The number of hydrogen-bond acceptors (Lipinski definition) is 2. The van der Waals surface area contributed by atoms with Gasteiger partial charge in [0.25, 0.3) is 0 Å². The van der Waals surface area contributed by atoms with Crippen LogP contribution in [0.2, 0.25) is 0 Å². The van der Waals surface area contributed by atoms with Gasteiger partial charge in [-0.3, -0.25) is 9.59 Å². The highest BCUT2D eigenvalue weighted by atomic mass is 16.1. The molecule has 0 fully saturated rings. The van der Waals surface area contributed by atoms with E-state index in [1.807, 2.05) is 32.0 Å². The van der Waals surface area contributed by atoms with Crippen molar-refractivity contribution in [2.75, 3.05) is 0 Å². The summed E-state index contributed by atoms with van der Waals surface area (Å²) in [5.41, 5.74) is 8.41. The molecule has 3 heteroatoms. The molecule has 0 aliphatic carbocycles. The highest BCUT2D eigenvalue weighted by Crippen LogP contribution is 2.18. The molecule has 2 rings (SSSR count). The number of benzene rings is 2. The minimum atomic E-state index is -0.589. The summed E-state index contributed by atoms with van der Waals surface area (Å²) in [4.78, 5) is 23.9. The van der Waals surface area contributed by atoms with Crippen molar-refractivity contribution >= 4 is 11.7 Å². The summed E-state index contributed by atoms with van der Waals surface area (Å²) in [6.07, 6.45) is 0. The SMILES string of the molecule is Cc1ccc(C)c(C(=O)c2ccccc2C(N)=O)c1. The summed E-state index contributed by atoms with van der Waals surface area (Å²) in [5, 5.41) is 0. The van der Waals surface area contributed by atoms with E-state index in [-0.39, 0.29) is 11.3 Å². The Kier molecular flexibility index (Phi) is 3.47. The average molecular weight is 253 g/mol. The first-order valence-corrected chi connectivity index (χ1v) is 6.01. The van der Waals surface area contributed by atoms with Gasteiger partial charge in [0.1, 0.15) is 0 Å². The third-order valence-corrected chi connectivity index (χ3v) is 3.07. The fourth-order valence-corrected chi connectivity index (χ4v) is 2.02. The van der Waals surface area contributed by atoms with E-state index in [9.17, 15) is 9.59 Å². The largest absolute Gasteiger partial charge is 0.366 e. The monoisotopic (exact) mass is 253 g/mol. The van der Waals surface area contributed by atoms with Crippen LogP contribution >= 0.6 is 0 Å². The van der Waals surface area contributed by atoms with E-state index in [4.69, 9.17) is 5.73 Å². The third-order valence-electron chi connectivity index (χ3n) is 3.07. The molecule has 0 saturated heterocycles. The summed E-state index contributed by atoms with van der Waals surface area (Å²) in [6.45, 7) is 3.80. The molecular formula is C16H15NO2. The summed E-state index contributed by atoms with van der Waals surface area (Å²) >= 11 is 0. The number of nitrogens with two attached hydrogens (primary N) is 1. The first kappa shape index (κ1) is 13.0. The minimum Gasteiger partial charge on any atom is -0.366 e. The van der Waals surface area contributed by atoms with Gasteiger partial charge < -0.3 is 5.73 Å². The first-order chi connectivity index (χ1) is 9.00. The van der Waals surface area contributed by atoms with E-state index >= 15 is 0 Å². The summed E-state index contributed by atoms with van der Waals surface area (Å²) in [5.74, 6) is -0.759. The van der Waals surface area contributed by atoms with Crippen molar-refractivity contribution in [3.63, 3.8) is 0 Å². The van der Waals surface area contributed by atoms with Crippen LogP contribution in [0.5, 0.6) is 0 Å². The number of aryl methyl sites for hydroxylation is 2. The molecule has 3 nitrogen and oxygen atoms in total. The Bertz CT molecular complexity index is 660. The Morgan fingerprint density at radius 2 is 1.53 bits per heavy atom. The van der Waals surface area contributed by atoms with E-state index in [0.717, 1.165) is 11.1 Å². The summed E-state index contributed by atoms with van der Waals surface area (Å²) < 4.78 is 0. The summed E-state index contributed by atoms with van der Waals surface area (Å²) in [7, 11) is 0. The van der Waals surface area contributed by atoms with Gasteiger partial charge in [-0.2, -0.15) is 0 Å². The first-order valence-electron chi connectivity index (χ1n) is 6.01.